The van der Waals surface area contributed by atoms with Crippen molar-refractivity contribution < 1.29 is 19.1 Å². The van der Waals surface area contributed by atoms with Gasteiger partial charge in [0.25, 0.3) is 11.8 Å². The molecule has 7 nitrogen and oxygen atoms in total. The fourth-order valence-corrected chi connectivity index (χ4v) is 2.50. The fourth-order valence-electron chi connectivity index (χ4n) is 2.50. The molecule has 2 amide bonds. The molecule has 28 heavy (non-hydrogen) atoms. The van der Waals surface area contributed by atoms with E-state index in [2.05, 4.69) is 5.32 Å². The molecular weight excluding hydrogens is 358 g/mol. The van der Waals surface area contributed by atoms with E-state index in [4.69, 9.17) is 15.2 Å². The Hall–Kier alpha value is -3.79. The first kappa shape index (κ1) is 20.5. The molecule has 2 aromatic carbocycles. The van der Waals surface area contributed by atoms with Gasteiger partial charge in [-0.05, 0) is 49.2 Å². The molecule has 0 unspecified atom stereocenters. The Bertz CT molecular complexity index is 974. The van der Waals surface area contributed by atoms with Gasteiger partial charge in [0.05, 0.1) is 7.11 Å². The standard InChI is InChI=1S/C21H21N3O4/c1-13-4-6-17(14(2)8-13)24-21(26)16(11-22)9-15-5-7-18(19(10-15)27-3)28-12-20(23)25/h4-10H,12H2,1-3H3,(H2,23,25)(H,24,26)/b16-9+. The third kappa shape index (κ3) is 5.35. The molecule has 2 aromatic rings. The summed E-state index contributed by atoms with van der Waals surface area (Å²) in [5.74, 6) is -0.442. The molecule has 0 radical (unpaired) electrons. The third-order valence-corrected chi connectivity index (χ3v) is 3.86. The minimum atomic E-state index is -0.610. The Balaban J connectivity index is 2.24. The van der Waals surface area contributed by atoms with Crippen molar-refractivity contribution in [2.75, 3.05) is 19.0 Å². The second-order valence-corrected chi connectivity index (χ2v) is 6.11. The van der Waals surface area contributed by atoms with Crippen LogP contribution in [-0.4, -0.2) is 25.5 Å². The molecule has 0 heterocycles. The van der Waals surface area contributed by atoms with Crippen LogP contribution in [0, 0.1) is 25.2 Å². The maximum atomic E-state index is 12.5. The smallest absolute Gasteiger partial charge is 0.266 e. The van der Waals surface area contributed by atoms with E-state index in [1.807, 2.05) is 32.0 Å². The van der Waals surface area contributed by atoms with Crippen LogP contribution in [0.25, 0.3) is 6.08 Å². The van der Waals surface area contributed by atoms with Crippen molar-refractivity contribution in [3.05, 3.63) is 58.7 Å². The Morgan fingerprint density at radius 2 is 1.93 bits per heavy atom. The van der Waals surface area contributed by atoms with E-state index in [1.165, 1.54) is 13.2 Å². The molecule has 0 atom stereocenters. The summed E-state index contributed by atoms with van der Waals surface area (Å²) in [7, 11) is 1.44. The number of nitrogens with two attached hydrogens (primary N) is 1. The summed E-state index contributed by atoms with van der Waals surface area (Å²) in [5, 5.41) is 12.1. The van der Waals surface area contributed by atoms with Crippen LogP contribution in [0.3, 0.4) is 0 Å². The van der Waals surface area contributed by atoms with Gasteiger partial charge in [-0.1, -0.05) is 23.8 Å². The number of primary amides is 1. The lowest BCUT2D eigenvalue weighted by Gasteiger charge is -2.11. The minimum absolute atomic E-state index is 0.0622. The van der Waals surface area contributed by atoms with E-state index in [-0.39, 0.29) is 12.2 Å². The van der Waals surface area contributed by atoms with Crippen molar-refractivity contribution in [1.29, 1.82) is 5.26 Å². The summed E-state index contributed by atoms with van der Waals surface area (Å²) >= 11 is 0. The normalized spacial score (nSPS) is 10.7. The molecule has 0 aliphatic heterocycles. The van der Waals surface area contributed by atoms with E-state index in [0.717, 1.165) is 11.1 Å². The first-order chi connectivity index (χ1) is 13.3. The number of hydrogen-bond donors (Lipinski definition) is 2. The van der Waals surface area contributed by atoms with E-state index in [0.29, 0.717) is 22.7 Å². The van der Waals surface area contributed by atoms with Crippen LogP contribution in [0.4, 0.5) is 5.69 Å². The first-order valence-corrected chi connectivity index (χ1v) is 8.43. The Kier molecular flexibility index (Phi) is 6.77. The topological polar surface area (TPSA) is 114 Å². The highest BCUT2D eigenvalue weighted by Crippen LogP contribution is 2.29. The van der Waals surface area contributed by atoms with Gasteiger partial charge in [-0.25, -0.2) is 0 Å². The van der Waals surface area contributed by atoms with Crippen molar-refractivity contribution in [2.45, 2.75) is 13.8 Å². The SMILES string of the molecule is COc1cc(/C=C(\C#N)C(=O)Nc2ccc(C)cc2C)ccc1OCC(N)=O. The van der Waals surface area contributed by atoms with Gasteiger partial charge in [0.1, 0.15) is 11.6 Å². The van der Waals surface area contributed by atoms with Crippen molar-refractivity contribution in [2.24, 2.45) is 5.73 Å². The average Bonchev–Trinajstić information content (AvgIpc) is 2.66. The number of benzene rings is 2. The molecule has 0 saturated carbocycles. The highest BCUT2D eigenvalue weighted by Gasteiger charge is 2.12. The van der Waals surface area contributed by atoms with Crippen LogP contribution in [0.1, 0.15) is 16.7 Å². The van der Waals surface area contributed by atoms with Crippen LogP contribution in [0.15, 0.2) is 42.0 Å². The maximum absolute atomic E-state index is 12.5. The molecule has 7 heteroatoms. The van der Waals surface area contributed by atoms with Crippen LogP contribution in [0.2, 0.25) is 0 Å². The zero-order valence-electron chi connectivity index (χ0n) is 15.9. The zero-order valence-corrected chi connectivity index (χ0v) is 15.9. The predicted octanol–water partition coefficient (Wildman–Crippen LogP) is 2.72. The van der Waals surface area contributed by atoms with Gasteiger partial charge in [-0.2, -0.15) is 5.26 Å². The highest BCUT2D eigenvalue weighted by molar-refractivity contribution is 6.10. The predicted molar refractivity (Wildman–Crippen MR) is 106 cm³/mol. The molecule has 0 saturated heterocycles. The Morgan fingerprint density at radius 3 is 2.54 bits per heavy atom. The maximum Gasteiger partial charge on any atom is 0.266 e. The summed E-state index contributed by atoms with van der Waals surface area (Å²) in [6.07, 6.45) is 1.44. The van der Waals surface area contributed by atoms with E-state index in [9.17, 15) is 14.9 Å². The summed E-state index contributed by atoms with van der Waals surface area (Å²) in [6, 6.07) is 12.3. The number of anilines is 1. The number of carbonyl (C=O) groups is 2. The molecule has 0 spiro atoms. The molecule has 0 fully saturated rings. The quantitative estimate of drug-likeness (QED) is 0.567. The number of aryl methyl sites for hydroxylation is 2. The minimum Gasteiger partial charge on any atom is -0.493 e. The molecule has 0 aromatic heterocycles. The van der Waals surface area contributed by atoms with E-state index < -0.39 is 11.8 Å². The largest absolute Gasteiger partial charge is 0.493 e. The number of rotatable bonds is 7. The van der Waals surface area contributed by atoms with Crippen molar-refractivity contribution in [3.8, 4) is 17.6 Å². The number of nitrogens with zero attached hydrogens (tertiary/aromatic N) is 1. The second-order valence-electron chi connectivity index (χ2n) is 6.11. The fraction of sp³-hybridized carbons (Fsp3) is 0.190. The molecule has 0 aliphatic rings. The molecule has 3 N–H and O–H groups in total. The summed E-state index contributed by atoms with van der Waals surface area (Å²) < 4.78 is 10.5. The van der Waals surface area contributed by atoms with Crippen LogP contribution >= 0.6 is 0 Å². The lowest BCUT2D eigenvalue weighted by atomic mass is 10.1. The number of nitrogens with one attached hydrogen (secondary N) is 1. The van der Waals surface area contributed by atoms with Crippen LogP contribution in [0.5, 0.6) is 11.5 Å². The van der Waals surface area contributed by atoms with Gasteiger partial charge in [0, 0.05) is 5.69 Å². The molecule has 144 valence electrons. The van der Waals surface area contributed by atoms with Gasteiger partial charge in [0.15, 0.2) is 18.1 Å². The second kappa shape index (κ2) is 9.24. The molecular formula is C21H21N3O4. The summed E-state index contributed by atoms with van der Waals surface area (Å²) in [5.41, 5.74) is 8.20. The van der Waals surface area contributed by atoms with Gasteiger partial charge < -0.3 is 20.5 Å². The van der Waals surface area contributed by atoms with E-state index >= 15 is 0 Å². The Labute approximate surface area is 163 Å². The van der Waals surface area contributed by atoms with Crippen molar-refractivity contribution >= 4 is 23.6 Å². The lowest BCUT2D eigenvalue weighted by molar-refractivity contribution is -0.120. The van der Waals surface area contributed by atoms with Crippen molar-refractivity contribution in [1.82, 2.24) is 0 Å². The molecule has 0 aliphatic carbocycles. The lowest BCUT2D eigenvalue weighted by Crippen LogP contribution is -2.20. The highest BCUT2D eigenvalue weighted by atomic mass is 16.5. The molecule has 2 rings (SSSR count). The van der Waals surface area contributed by atoms with Crippen molar-refractivity contribution in [3.63, 3.8) is 0 Å². The zero-order chi connectivity index (χ0) is 20.7. The van der Waals surface area contributed by atoms with Crippen LogP contribution in [-0.2, 0) is 9.59 Å². The third-order valence-electron chi connectivity index (χ3n) is 3.86. The average molecular weight is 379 g/mol. The summed E-state index contributed by atoms with van der Waals surface area (Å²) in [4.78, 5) is 23.3. The van der Waals surface area contributed by atoms with Crippen LogP contribution < -0.4 is 20.5 Å². The van der Waals surface area contributed by atoms with E-state index in [1.54, 1.807) is 24.3 Å². The number of carbonyl (C=O) groups excluding carboxylic acids is 2. The van der Waals surface area contributed by atoms with Gasteiger partial charge >= 0.3 is 0 Å². The van der Waals surface area contributed by atoms with Gasteiger partial charge in [-0.15, -0.1) is 0 Å². The van der Waals surface area contributed by atoms with Gasteiger partial charge in [0.2, 0.25) is 0 Å². The number of ether oxygens (including phenoxy) is 2. The number of methoxy groups -OCH3 is 1. The Morgan fingerprint density at radius 1 is 1.18 bits per heavy atom. The molecule has 0 bridgehead atoms. The number of hydrogen-bond acceptors (Lipinski definition) is 5. The first-order valence-electron chi connectivity index (χ1n) is 8.43. The number of amides is 2. The summed E-state index contributed by atoms with van der Waals surface area (Å²) in [6.45, 7) is 3.56. The monoisotopic (exact) mass is 379 g/mol. The van der Waals surface area contributed by atoms with Gasteiger partial charge in [-0.3, -0.25) is 9.59 Å². The number of nitriles is 1.